The average Bonchev–Trinajstić information content (AvgIpc) is 2.90. The number of benzene rings is 1. The van der Waals surface area contributed by atoms with Crippen LogP contribution in [0.2, 0.25) is 0 Å². The van der Waals surface area contributed by atoms with Gasteiger partial charge in [-0.3, -0.25) is 0 Å². The normalized spacial score (nSPS) is 30.0. The molecule has 0 spiro atoms. The van der Waals surface area contributed by atoms with Crippen molar-refractivity contribution in [2.45, 2.75) is 10.7 Å². The molecular weight excluding hydrogens is 280 g/mol. The minimum atomic E-state index is 0.488. The molecule has 0 aliphatic heterocycles. The van der Waals surface area contributed by atoms with E-state index in [-0.39, 0.29) is 0 Å². The van der Waals surface area contributed by atoms with Gasteiger partial charge in [0.1, 0.15) is 0 Å². The third kappa shape index (κ3) is 1.87. The number of alkyl halides is 1. The minimum absolute atomic E-state index is 0.488. The predicted molar refractivity (Wildman–Crippen MR) is 57.4 cm³/mol. The van der Waals surface area contributed by atoms with Crippen molar-refractivity contribution in [2.75, 3.05) is 7.11 Å². The molecule has 1 fully saturated rings. The van der Waals surface area contributed by atoms with Crippen LogP contribution in [0.3, 0.4) is 0 Å². The van der Waals surface area contributed by atoms with Crippen LogP contribution in [0.15, 0.2) is 30.3 Å². The van der Waals surface area contributed by atoms with E-state index in [0.717, 1.165) is 4.57 Å². The van der Waals surface area contributed by atoms with Crippen molar-refractivity contribution in [1.82, 2.24) is 0 Å². The van der Waals surface area contributed by atoms with E-state index in [1.807, 2.05) is 6.07 Å². The summed E-state index contributed by atoms with van der Waals surface area (Å²) >= 11 is 6.66. The van der Waals surface area contributed by atoms with Gasteiger partial charge in [-0.05, 0) is 0 Å². The first-order chi connectivity index (χ1) is 6.75. The standard InChI is InChI=1S/C11H11BrO.Cr/c1-13-7-9-10(11(9)12)8-5-3-2-4-6-8;/h2-6,9-11H,1H3;. The van der Waals surface area contributed by atoms with Gasteiger partial charge in [-0.1, -0.05) is 0 Å². The maximum absolute atomic E-state index is 5.23. The van der Waals surface area contributed by atoms with Gasteiger partial charge in [-0.2, -0.15) is 0 Å². The van der Waals surface area contributed by atoms with Crippen molar-refractivity contribution in [3.8, 4) is 0 Å². The van der Waals surface area contributed by atoms with Crippen LogP contribution in [0.25, 0.3) is 0 Å². The first-order valence-electron chi connectivity index (χ1n) is 4.52. The summed E-state index contributed by atoms with van der Waals surface area (Å²) in [6.07, 6.45) is 0. The monoisotopic (exact) mass is 290 g/mol. The SMILES string of the molecule is CO[C](=[Cr])C1C(Br)C1c1ccccc1. The second kappa shape index (κ2) is 4.28. The fourth-order valence-corrected chi connectivity index (χ4v) is 3.52. The average molecular weight is 291 g/mol. The predicted octanol–water partition coefficient (Wildman–Crippen LogP) is 2.49. The van der Waals surface area contributed by atoms with Crippen LogP contribution < -0.4 is 0 Å². The van der Waals surface area contributed by atoms with Crippen molar-refractivity contribution >= 4 is 20.5 Å². The Morgan fingerprint density at radius 2 is 2.00 bits per heavy atom. The van der Waals surface area contributed by atoms with E-state index < -0.39 is 0 Å². The van der Waals surface area contributed by atoms with E-state index in [9.17, 15) is 0 Å². The van der Waals surface area contributed by atoms with Gasteiger partial charge in [0.25, 0.3) is 0 Å². The molecule has 1 saturated carbocycles. The Balaban J connectivity index is 2.13. The summed E-state index contributed by atoms with van der Waals surface area (Å²) < 4.78 is 6.23. The number of methoxy groups -OCH3 is 1. The summed E-state index contributed by atoms with van der Waals surface area (Å²) in [5.74, 6) is 1.05. The first kappa shape index (κ1) is 10.6. The fraction of sp³-hybridized carbons (Fsp3) is 0.364. The molecule has 3 atom stereocenters. The van der Waals surface area contributed by atoms with Gasteiger partial charge in [0.2, 0.25) is 0 Å². The summed E-state index contributed by atoms with van der Waals surface area (Å²) in [7, 11) is 1.71. The van der Waals surface area contributed by atoms with E-state index in [4.69, 9.17) is 4.74 Å². The topological polar surface area (TPSA) is 9.23 Å². The van der Waals surface area contributed by atoms with Crippen LogP contribution in [-0.2, 0) is 20.6 Å². The Morgan fingerprint density at radius 1 is 1.36 bits per heavy atom. The van der Waals surface area contributed by atoms with Gasteiger partial charge in [-0.15, -0.1) is 0 Å². The summed E-state index contributed by atoms with van der Waals surface area (Å²) in [6.45, 7) is 0. The Kier molecular flexibility index (Phi) is 3.24. The molecule has 1 nitrogen and oxygen atoms in total. The quantitative estimate of drug-likeness (QED) is 0.777. The molecule has 0 radical (unpaired) electrons. The Bertz CT molecular complexity index is 338. The van der Waals surface area contributed by atoms with Crippen LogP contribution >= 0.6 is 15.9 Å². The number of rotatable bonds is 3. The molecule has 3 unspecified atom stereocenters. The number of hydrogen-bond donors (Lipinski definition) is 0. The van der Waals surface area contributed by atoms with E-state index in [1.165, 1.54) is 5.56 Å². The number of ether oxygens (including phenoxy) is 1. The Morgan fingerprint density at radius 3 is 2.57 bits per heavy atom. The molecule has 1 aliphatic rings. The van der Waals surface area contributed by atoms with Crippen molar-refractivity contribution in [2.24, 2.45) is 5.92 Å². The molecule has 14 heavy (non-hydrogen) atoms. The van der Waals surface area contributed by atoms with Gasteiger partial charge in [0.05, 0.1) is 0 Å². The maximum atomic E-state index is 5.23. The summed E-state index contributed by atoms with van der Waals surface area (Å²) in [6, 6.07) is 10.5. The van der Waals surface area contributed by atoms with Crippen LogP contribution in [0.5, 0.6) is 0 Å². The molecule has 0 aromatic heterocycles. The van der Waals surface area contributed by atoms with Gasteiger partial charge < -0.3 is 0 Å². The third-order valence-corrected chi connectivity index (χ3v) is 4.41. The summed E-state index contributed by atoms with van der Waals surface area (Å²) in [4.78, 5) is 0.515. The van der Waals surface area contributed by atoms with Gasteiger partial charge in [-0.25, -0.2) is 0 Å². The zero-order valence-corrected chi connectivity index (χ0v) is 10.7. The van der Waals surface area contributed by atoms with E-state index in [0.29, 0.717) is 16.7 Å². The second-order valence-corrected chi connectivity index (χ2v) is 5.12. The molecule has 0 amide bonds. The van der Waals surface area contributed by atoms with E-state index in [1.54, 1.807) is 7.11 Å². The van der Waals surface area contributed by atoms with Gasteiger partial charge in [0.15, 0.2) is 0 Å². The summed E-state index contributed by atoms with van der Waals surface area (Å²) in [5, 5.41) is 0. The molecule has 3 heteroatoms. The molecule has 2 rings (SSSR count). The molecule has 1 aromatic rings. The second-order valence-electron chi connectivity index (χ2n) is 3.43. The van der Waals surface area contributed by atoms with Crippen molar-refractivity contribution in [3.63, 3.8) is 0 Å². The Labute approximate surface area is 101 Å². The molecule has 1 aromatic carbocycles. The van der Waals surface area contributed by atoms with Gasteiger partial charge in [0, 0.05) is 0 Å². The fourth-order valence-electron chi connectivity index (χ4n) is 1.75. The third-order valence-electron chi connectivity index (χ3n) is 2.59. The van der Waals surface area contributed by atoms with Gasteiger partial charge >= 0.3 is 101 Å². The van der Waals surface area contributed by atoms with Crippen LogP contribution in [0.1, 0.15) is 11.5 Å². The first-order valence-corrected chi connectivity index (χ1v) is 6.08. The molecule has 74 valence electrons. The molecule has 1 aliphatic carbocycles. The van der Waals surface area contributed by atoms with E-state index >= 15 is 0 Å². The van der Waals surface area contributed by atoms with Crippen LogP contribution in [0.4, 0.5) is 0 Å². The van der Waals surface area contributed by atoms with Crippen molar-refractivity contribution < 1.29 is 20.6 Å². The number of hydrogen-bond acceptors (Lipinski definition) is 1. The molecule has 0 bridgehead atoms. The van der Waals surface area contributed by atoms with Crippen molar-refractivity contribution in [3.05, 3.63) is 35.9 Å². The zero-order chi connectivity index (χ0) is 10.1. The number of halogens is 1. The Hall–Kier alpha value is 0.0625. The van der Waals surface area contributed by atoms with Crippen molar-refractivity contribution in [1.29, 1.82) is 0 Å². The summed E-state index contributed by atoms with van der Waals surface area (Å²) in [5.41, 5.74) is 1.38. The molecule has 0 N–H and O–H groups in total. The van der Waals surface area contributed by atoms with E-state index in [2.05, 4.69) is 56.0 Å². The molecular formula is C11H11BrCrO. The molecule has 0 heterocycles. The van der Waals surface area contributed by atoms with Crippen LogP contribution in [-0.4, -0.2) is 16.5 Å². The van der Waals surface area contributed by atoms with Crippen LogP contribution in [0, 0.1) is 5.92 Å². The zero-order valence-electron chi connectivity index (χ0n) is 7.81. The molecule has 0 saturated heterocycles.